The molecule has 1 N–H and O–H groups in total. The average molecular weight is 338 g/mol. The van der Waals surface area contributed by atoms with E-state index in [2.05, 4.69) is 16.0 Å². The second kappa shape index (κ2) is 6.77. The van der Waals surface area contributed by atoms with Gasteiger partial charge in [0.2, 0.25) is 0 Å². The summed E-state index contributed by atoms with van der Waals surface area (Å²) >= 11 is 6.10. The van der Waals surface area contributed by atoms with Gasteiger partial charge in [-0.25, -0.2) is 4.98 Å². The molecular formula is C19H16ClN3O. The Hall–Kier alpha value is -2.77. The van der Waals surface area contributed by atoms with Gasteiger partial charge in [-0.2, -0.15) is 5.26 Å². The van der Waals surface area contributed by atoms with Gasteiger partial charge in [-0.05, 0) is 50.3 Å². The van der Waals surface area contributed by atoms with Crippen LogP contribution in [0.2, 0.25) is 5.02 Å². The number of benzene rings is 2. The zero-order valence-corrected chi connectivity index (χ0v) is 14.1. The number of hydrogen-bond donors (Lipinski definition) is 1. The van der Waals surface area contributed by atoms with Gasteiger partial charge in [-0.15, -0.1) is 0 Å². The molecule has 120 valence electrons. The zero-order chi connectivity index (χ0) is 17.1. The summed E-state index contributed by atoms with van der Waals surface area (Å²) in [5, 5.41) is 10.1. The van der Waals surface area contributed by atoms with Gasteiger partial charge >= 0.3 is 0 Å². The van der Waals surface area contributed by atoms with Crippen LogP contribution >= 0.6 is 11.6 Å². The molecule has 4 nitrogen and oxygen atoms in total. The number of hydrogen-bond acceptors (Lipinski definition) is 3. The third-order valence-electron chi connectivity index (χ3n) is 3.40. The van der Waals surface area contributed by atoms with E-state index >= 15 is 0 Å². The molecule has 0 fully saturated rings. The SMILES string of the molecule is CC(C)Oc1ccc(Cl)cc1/C=C(\C#N)c1nc2ccccc2[nH]1. The first-order valence-electron chi connectivity index (χ1n) is 7.60. The maximum absolute atomic E-state index is 9.56. The summed E-state index contributed by atoms with van der Waals surface area (Å²) < 4.78 is 5.80. The summed E-state index contributed by atoms with van der Waals surface area (Å²) in [4.78, 5) is 7.64. The second-order valence-electron chi connectivity index (χ2n) is 5.62. The molecule has 0 aliphatic heterocycles. The number of nitrogens with one attached hydrogen (secondary N) is 1. The van der Waals surface area contributed by atoms with E-state index in [-0.39, 0.29) is 6.10 Å². The quantitative estimate of drug-likeness (QED) is 0.676. The van der Waals surface area contributed by atoms with Crippen molar-refractivity contribution in [2.24, 2.45) is 0 Å². The van der Waals surface area contributed by atoms with Gasteiger partial charge in [0, 0.05) is 10.6 Å². The molecule has 0 saturated carbocycles. The molecule has 0 radical (unpaired) electrons. The second-order valence-corrected chi connectivity index (χ2v) is 6.06. The van der Waals surface area contributed by atoms with Crippen LogP contribution in [0, 0.1) is 11.3 Å². The molecule has 5 heteroatoms. The molecule has 3 rings (SSSR count). The number of fused-ring (bicyclic) bond motifs is 1. The Balaban J connectivity index is 2.07. The van der Waals surface area contributed by atoms with Gasteiger partial charge in [0.25, 0.3) is 0 Å². The number of aromatic nitrogens is 2. The normalized spacial score (nSPS) is 11.7. The average Bonchev–Trinajstić information content (AvgIpc) is 2.98. The van der Waals surface area contributed by atoms with Gasteiger partial charge in [0.05, 0.1) is 22.7 Å². The summed E-state index contributed by atoms with van der Waals surface area (Å²) in [5.41, 5.74) is 2.87. The van der Waals surface area contributed by atoms with Crippen LogP contribution in [-0.2, 0) is 0 Å². The monoisotopic (exact) mass is 337 g/mol. The number of allylic oxidation sites excluding steroid dienone is 1. The van der Waals surface area contributed by atoms with E-state index in [0.717, 1.165) is 16.6 Å². The van der Waals surface area contributed by atoms with Crippen molar-refractivity contribution in [2.75, 3.05) is 0 Å². The summed E-state index contributed by atoms with van der Waals surface area (Å²) in [6, 6.07) is 15.2. The lowest BCUT2D eigenvalue weighted by Gasteiger charge is -2.12. The molecule has 2 aromatic carbocycles. The van der Waals surface area contributed by atoms with Crippen molar-refractivity contribution in [1.29, 1.82) is 5.26 Å². The fourth-order valence-electron chi connectivity index (χ4n) is 2.38. The van der Waals surface area contributed by atoms with E-state index in [9.17, 15) is 5.26 Å². The number of nitrogens with zero attached hydrogens (tertiary/aromatic N) is 2. The highest BCUT2D eigenvalue weighted by Crippen LogP contribution is 2.28. The molecule has 1 aromatic heterocycles. The Morgan fingerprint density at radius 2 is 2.08 bits per heavy atom. The van der Waals surface area contributed by atoms with Gasteiger partial charge in [-0.1, -0.05) is 23.7 Å². The Labute approximate surface area is 145 Å². The lowest BCUT2D eigenvalue weighted by atomic mass is 10.1. The third kappa shape index (κ3) is 3.42. The molecule has 0 bridgehead atoms. The van der Waals surface area contributed by atoms with Gasteiger partial charge in [0.1, 0.15) is 17.6 Å². The summed E-state index contributed by atoms with van der Waals surface area (Å²) in [7, 11) is 0. The van der Waals surface area contributed by atoms with Crippen molar-refractivity contribution in [2.45, 2.75) is 20.0 Å². The van der Waals surface area contributed by atoms with Crippen LogP contribution in [0.5, 0.6) is 5.75 Å². The van der Waals surface area contributed by atoms with E-state index in [1.165, 1.54) is 0 Å². The third-order valence-corrected chi connectivity index (χ3v) is 3.63. The number of rotatable bonds is 4. The number of nitriles is 1. The number of halogens is 1. The van der Waals surface area contributed by atoms with Crippen molar-refractivity contribution in [3.63, 3.8) is 0 Å². The molecule has 0 aliphatic rings. The fourth-order valence-corrected chi connectivity index (χ4v) is 2.56. The van der Waals surface area contributed by atoms with E-state index in [0.29, 0.717) is 22.2 Å². The molecule has 0 atom stereocenters. The van der Waals surface area contributed by atoms with Crippen LogP contribution in [0.25, 0.3) is 22.7 Å². The smallest absolute Gasteiger partial charge is 0.149 e. The van der Waals surface area contributed by atoms with Crippen molar-refractivity contribution in [3.8, 4) is 11.8 Å². The van der Waals surface area contributed by atoms with E-state index in [1.54, 1.807) is 18.2 Å². The minimum Gasteiger partial charge on any atom is -0.490 e. The summed E-state index contributed by atoms with van der Waals surface area (Å²) in [6.45, 7) is 3.90. The van der Waals surface area contributed by atoms with Crippen molar-refractivity contribution < 1.29 is 4.74 Å². The molecule has 0 amide bonds. The van der Waals surface area contributed by atoms with Crippen molar-refractivity contribution in [3.05, 3.63) is 58.9 Å². The highest BCUT2D eigenvalue weighted by Gasteiger charge is 2.11. The first-order chi connectivity index (χ1) is 11.6. The highest BCUT2D eigenvalue weighted by atomic mass is 35.5. The number of imidazole rings is 1. The molecule has 0 spiro atoms. The fraction of sp³-hybridized carbons (Fsp3) is 0.158. The zero-order valence-electron chi connectivity index (χ0n) is 13.4. The van der Waals surface area contributed by atoms with Crippen LogP contribution in [0.1, 0.15) is 25.2 Å². The number of ether oxygens (including phenoxy) is 1. The Morgan fingerprint density at radius 1 is 1.29 bits per heavy atom. The van der Waals surface area contributed by atoms with Crippen LogP contribution in [0.4, 0.5) is 0 Å². The predicted octanol–water partition coefficient (Wildman–Crippen LogP) is 5.07. The summed E-state index contributed by atoms with van der Waals surface area (Å²) in [5.74, 6) is 1.20. The minimum absolute atomic E-state index is 0.0232. The molecule has 24 heavy (non-hydrogen) atoms. The lowest BCUT2D eigenvalue weighted by Crippen LogP contribution is -2.06. The number of aromatic amines is 1. The largest absolute Gasteiger partial charge is 0.490 e. The van der Waals surface area contributed by atoms with Crippen LogP contribution in [0.15, 0.2) is 42.5 Å². The predicted molar refractivity (Wildman–Crippen MR) is 96.8 cm³/mol. The number of para-hydroxylation sites is 2. The highest BCUT2D eigenvalue weighted by molar-refractivity contribution is 6.30. The van der Waals surface area contributed by atoms with Crippen LogP contribution < -0.4 is 4.74 Å². The molecule has 1 heterocycles. The van der Waals surface area contributed by atoms with E-state index in [4.69, 9.17) is 16.3 Å². The molecule has 0 aliphatic carbocycles. The molecule has 0 saturated heterocycles. The standard InChI is InChI=1S/C19H16ClN3O/c1-12(2)24-18-8-7-15(20)10-13(18)9-14(11-21)19-22-16-5-3-4-6-17(16)23-19/h3-10,12H,1-2H3,(H,22,23)/b14-9+. The number of H-pyrrole nitrogens is 1. The van der Waals surface area contributed by atoms with E-state index in [1.807, 2.05) is 44.2 Å². The Kier molecular flexibility index (Phi) is 4.54. The van der Waals surface area contributed by atoms with Crippen molar-refractivity contribution >= 4 is 34.3 Å². The van der Waals surface area contributed by atoms with Crippen LogP contribution in [-0.4, -0.2) is 16.1 Å². The summed E-state index contributed by atoms with van der Waals surface area (Å²) in [6.07, 6.45) is 1.76. The molecular weight excluding hydrogens is 322 g/mol. The van der Waals surface area contributed by atoms with Gasteiger partial charge < -0.3 is 9.72 Å². The van der Waals surface area contributed by atoms with E-state index < -0.39 is 0 Å². The van der Waals surface area contributed by atoms with Gasteiger partial charge in [0.15, 0.2) is 0 Å². The maximum atomic E-state index is 9.56. The van der Waals surface area contributed by atoms with Crippen LogP contribution in [0.3, 0.4) is 0 Å². The Morgan fingerprint density at radius 3 is 2.79 bits per heavy atom. The molecule has 0 unspecified atom stereocenters. The topological polar surface area (TPSA) is 61.7 Å². The first-order valence-corrected chi connectivity index (χ1v) is 7.98. The first kappa shape index (κ1) is 16.1. The Bertz CT molecular complexity index is 918. The minimum atomic E-state index is 0.0232. The lowest BCUT2D eigenvalue weighted by molar-refractivity contribution is 0.242. The molecule has 3 aromatic rings. The van der Waals surface area contributed by atoms with Crippen molar-refractivity contribution in [1.82, 2.24) is 9.97 Å². The maximum Gasteiger partial charge on any atom is 0.149 e. The van der Waals surface area contributed by atoms with Gasteiger partial charge in [-0.3, -0.25) is 0 Å².